The van der Waals surface area contributed by atoms with Gasteiger partial charge in [0.05, 0.1) is 0 Å². The molecule has 1 heterocycles. The van der Waals surface area contributed by atoms with Gasteiger partial charge in [-0.3, -0.25) is 0 Å². The number of carboxylic acid groups (broad SMARTS) is 1. The second-order valence-electron chi connectivity index (χ2n) is 3.20. The first-order chi connectivity index (χ1) is 6.65. The van der Waals surface area contributed by atoms with E-state index in [1.165, 1.54) is 11.3 Å². The van der Waals surface area contributed by atoms with E-state index in [0.717, 1.165) is 29.7 Å². The Labute approximate surface area is 87.0 Å². The van der Waals surface area contributed by atoms with Crippen molar-refractivity contribution in [3.8, 4) is 0 Å². The molecule has 0 atom stereocenters. The Kier molecular flexibility index (Phi) is 4.10. The molecule has 0 bridgehead atoms. The van der Waals surface area contributed by atoms with Gasteiger partial charge in [0, 0.05) is 11.5 Å². The molecule has 3 nitrogen and oxygen atoms in total. The Hall–Kier alpha value is -0.870. The molecule has 1 aromatic heterocycles. The zero-order valence-electron chi connectivity index (χ0n) is 8.12. The third-order valence-electron chi connectivity index (χ3n) is 2.04. The van der Waals surface area contributed by atoms with E-state index in [4.69, 9.17) is 10.2 Å². The van der Waals surface area contributed by atoms with Crippen LogP contribution in [0, 0.1) is 6.92 Å². The fourth-order valence-electron chi connectivity index (χ4n) is 1.27. The van der Waals surface area contributed by atoms with Crippen LogP contribution in [0.3, 0.4) is 0 Å². The first-order valence-corrected chi connectivity index (χ1v) is 5.40. The van der Waals surface area contributed by atoms with Crippen LogP contribution in [0.4, 0.5) is 0 Å². The lowest BCUT2D eigenvalue weighted by Gasteiger charge is -1.97. The largest absolute Gasteiger partial charge is 0.477 e. The molecule has 78 valence electrons. The topological polar surface area (TPSA) is 57.5 Å². The summed E-state index contributed by atoms with van der Waals surface area (Å²) in [6, 6.07) is 1.71. The van der Waals surface area contributed by atoms with Crippen LogP contribution in [-0.2, 0) is 6.42 Å². The van der Waals surface area contributed by atoms with Crippen LogP contribution < -0.4 is 0 Å². The number of carboxylic acids is 1. The second kappa shape index (κ2) is 5.12. The molecule has 0 amide bonds. The van der Waals surface area contributed by atoms with Gasteiger partial charge in [-0.25, -0.2) is 4.79 Å². The van der Waals surface area contributed by atoms with Gasteiger partial charge in [-0.2, -0.15) is 0 Å². The molecule has 2 N–H and O–H groups in total. The van der Waals surface area contributed by atoms with Gasteiger partial charge in [-0.1, -0.05) is 0 Å². The Morgan fingerprint density at radius 3 is 2.71 bits per heavy atom. The van der Waals surface area contributed by atoms with Gasteiger partial charge in [0.25, 0.3) is 0 Å². The SMILES string of the molecule is Cc1cc(C(=O)O)sc1CCCCO. The van der Waals surface area contributed by atoms with Gasteiger partial charge >= 0.3 is 5.97 Å². The van der Waals surface area contributed by atoms with Crippen molar-refractivity contribution in [2.75, 3.05) is 6.61 Å². The van der Waals surface area contributed by atoms with E-state index in [1.807, 2.05) is 6.92 Å². The molecule has 14 heavy (non-hydrogen) atoms. The average molecular weight is 214 g/mol. The number of hydrogen-bond acceptors (Lipinski definition) is 3. The lowest BCUT2D eigenvalue weighted by atomic mass is 10.1. The minimum atomic E-state index is -0.855. The van der Waals surface area contributed by atoms with Gasteiger partial charge in [-0.15, -0.1) is 11.3 Å². The van der Waals surface area contributed by atoms with Crippen molar-refractivity contribution in [2.24, 2.45) is 0 Å². The van der Waals surface area contributed by atoms with Gasteiger partial charge in [0.1, 0.15) is 4.88 Å². The quantitative estimate of drug-likeness (QED) is 0.738. The summed E-state index contributed by atoms with van der Waals surface area (Å²) in [4.78, 5) is 12.2. The number of aryl methyl sites for hydroxylation is 2. The van der Waals surface area contributed by atoms with Crippen LogP contribution in [0.5, 0.6) is 0 Å². The number of unbranched alkanes of at least 4 members (excludes halogenated alkanes) is 1. The molecule has 1 aromatic rings. The van der Waals surface area contributed by atoms with Crippen LogP contribution in [0.15, 0.2) is 6.07 Å². The summed E-state index contributed by atoms with van der Waals surface area (Å²) in [5, 5.41) is 17.4. The summed E-state index contributed by atoms with van der Waals surface area (Å²) in [6.45, 7) is 2.13. The van der Waals surface area contributed by atoms with Crippen molar-refractivity contribution in [3.05, 3.63) is 21.4 Å². The first kappa shape index (κ1) is 11.2. The standard InChI is InChI=1S/C10H14O3S/c1-7-6-9(10(12)13)14-8(7)4-2-3-5-11/h6,11H,2-5H2,1H3,(H,12,13). The molecule has 0 aromatic carbocycles. The Bertz CT molecular complexity index is 317. The minimum absolute atomic E-state index is 0.205. The van der Waals surface area contributed by atoms with E-state index >= 15 is 0 Å². The highest BCUT2D eigenvalue weighted by molar-refractivity contribution is 7.14. The summed E-state index contributed by atoms with van der Waals surface area (Å²) in [5.74, 6) is -0.855. The van der Waals surface area contributed by atoms with Crippen molar-refractivity contribution in [1.29, 1.82) is 0 Å². The normalized spacial score (nSPS) is 10.4. The minimum Gasteiger partial charge on any atom is -0.477 e. The highest BCUT2D eigenvalue weighted by Crippen LogP contribution is 2.23. The number of aromatic carboxylic acids is 1. The van der Waals surface area contributed by atoms with Crippen molar-refractivity contribution in [1.82, 2.24) is 0 Å². The van der Waals surface area contributed by atoms with Crippen LogP contribution in [0.25, 0.3) is 0 Å². The van der Waals surface area contributed by atoms with Crippen molar-refractivity contribution in [3.63, 3.8) is 0 Å². The van der Waals surface area contributed by atoms with Crippen LogP contribution in [0.1, 0.15) is 33.0 Å². The highest BCUT2D eigenvalue weighted by atomic mass is 32.1. The molecule has 0 aliphatic rings. The van der Waals surface area contributed by atoms with E-state index in [2.05, 4.69) is 0 Å². The maximum absolute atomic E-state index is 10.7. The van der Waals surface area contributed by atoms with Gasteiger partial charge in [-0.05, 0) is 37.8 Å². The summed E-state index contributed by atoms with van der Waals surface area (Å²) < 4.78 is 0. The van der Waals surface area contributed by atoms with E-state index in [1.54, 1.807) is 6.07 Å². The van der Waals surface area contributed by atoms with E-state index in [-0.39, 0.29) is 6.61 Å². The predicted molar refractivity (Wildman–Crippen MR) is 56.0 cm³/mol. The molecule has 0 saturated carbocycles. The van der Waals surface area contributed by atoms with Gasteiger partial charge in [0.2, 0.25) is 0 Å². The monoisotopic (exact) mass is 214 g/mol. The molecule has 0 saturated heterocycles. The number of hydrogen-bond donors (Lipinski definition) is 2. The number of thiophene rings is 1. The van der Waals surface area contributed by atoms with E-state index < -0.39 is 5.97 Å². The number of aliphatic hydroxyl groups excluding tert-OH is 1. The molecule has 0 aliphatic heterocycles. The molecule has 4 heteroatoms. The molecule has 1 rings (SSSR count). The first-order valence-electron chi connectivity index (χ1n) is 4.58. The fraction of sp³-hybridized carbons (Fsp3) is 0.500. The third-order valence-corrected chi connectivity index (χ3v) is 3.33. The summed E-state index contributed by atoms with van der Waals surface area (Å²) in [7, 11) is 0. The second-order valence-corrected chi connectivity index (χ2v) is 4.34. The van der Waals surface area contributed by atoms with Crippen LogP contribution in [-0.4, -0.2) is 22.8 Å². The molecule has 0 unspecified atom stereocenters. The lowest BCUT2D eigenvalue weighted by Crippen LogP contribution is -1.89. The summed E-state index contributed by atoms with van der Waals surface area (Å²) in [5.41, 5.74) is 1.05. The van der Waals surface area contributed by atoms with E-state index in [9.17, 15) is 4.79 Å². The molecule has 0 radical (unpaired) electrons. The third kappa shape index (κ3) is 2.82. The smallest absolute Gasteiger partial charge is 0.345 e. The number of aliphatic hydroxyl groups is 1. The van der Waals surface area contributed by atoms with Crippen LogP contribution >= 0.6 is 11.3 Å². The van der Waals surface area contributed by atoms with Crippen molar-refractivity contribution >= 4 is 17.3 Å². The zero-order chi connectivity index (χ0) is 10.6. The Morgan fingerprint density at radius 2 is 2.21 bits per heavy atom. The summed E-state index contributed by atoms with van der Waals surface area (Å²) >= 11 is 1.34. The Morgan fingerprint density at radius 1 is 1.50 bits per heavy atom. The van der Waals surface area contributed by atoms with Gasteiger partial charge in [0.15, 0.2) is 0 Å². The maximum atomic E-state index is 10.7. The predicted octanol–water partition coefficient (Wildman–Crippen LogP) is 2.07. The summed E-state index contributed by atoms with van der Waals surface area (Å²) in [6.07, 6.45) is 2.56. The number of carbonyl (C=O) groups is 1. The lowest BCUT2D eigenvalue weighted by molar-refractivity contribution is 0.0702. The molecular formula is C10H14O3S. The van der Waals surface area contributed by atoms with Crippen molar-refractivity contribution < 1.29 is 15.0 Å². The molecular weight excluding hydrogens is 200 g/mol. The van der Waals surface area contributed by atoms with Gasteiger partial charge < -0.3 is 10.2 Å². The maximum Gasteiger partial charge on any atom is 0.345 e. The average Bonchev–Trinajstić information content (AvgIpc) is 2.49. The fourth-order valence-corrected chi connectivity index (χ4v) is 2.33. The van der Waals surface area contributed by atoms with Crippen molar-refractivity contribution in [2.45, 2.75) is 26.2 Å². The number of rotatable bonds is 5. The molecule has 0 aliphatic carbocycles. The highest BCUT2D eigenvalue weighted by Gasteiger charge is 2.10. The molecule has 0 spiro atoms. The Balaban J connectivity index is 2.63. The van der Waals surface area contributed by atoms with E-state index in [0.29, 0.717) is 4.88 Å². The molecule has 0 fully saturated rings. The zero-order valence-corrected chi connectivity index (χ0v) is 8.93. The van der Waals surface area contributed by atoms with Crippen LogP contribution in [0.2, 0.25) is 0 Å².